The van der Waals surface area contributed by atoms with E-state index in [1.165, 1.54) is 6.21 Å². The topological polar surface area (TPSA) is 80.2 Å². The monoisotopic (exact) mass is 354 g/mol. The zero-order chi connectivity index (χ0) is 18.9. The number of phenolic OH excluding ortho intramolecular Hbond substituents is 1. The quantitative estimate of drug-likeness (QED) is 0.433. The SMILES string of the molecule is C=CCc1cc(/C=N\NC(=O)c2ccc(OC)cc2)cc(OCC)c1O. The Labute approximate surface area is 152 Å². The molecule has 0 spiro atoms. The van der Waals surface area contributed by atoms with Gasteiger partial charge >= 0.3 is 0 Å². The van der Waals surface area contributed by atoms with Crippen molar-refractivity contribution in [1.82, 2.24) is 5.43 Å². The van der Waals surface area contributed by atoms with Crippen LogP contribution in [0.4, 0.5) is 0 Å². The van der Waals surface area contributed by atoms with Gasteiger partial charge in [0.2, 0.25) is 0 Å². The zero-order valence-corrected chi connectivity index (χ0v) is 14.9. The molecule has 26 heavy (non-hydrogen) atoms. The average Bonchev–Trinajstić information content (AvgIpc) is 2.65. The summed E-state index contributed by atoms with van der Waals surface area (Å²) in [6, 6.07) is 10.1. The van der Waals surface area contributed by atoms with Crippen LogP contribution >= 0.6 is 0 Å². The molecule has 0 aliphatic heterocycles. The molecule has 0 atom stereocenters. The summed E-state index contributed by atoms with van der Waals surface area (Å²) in [5.41, 5.74) is 4.30. The van der Waals surface area contributed by atoms with E-state index >= 15 is 0 Å². The highest BCUT2D eigenvalue weighted by Crippen LogP contribution is 2.31. The van der Waals surface area contributed by atoms with Gasteiger partial charge in [0, 0.05) is 11.1 Å². The fraction of sp³-hybridized carbons (Fsp3) is 0.200. The number of phenols is 1. The van der Waals surface area contributed by atoms with E-state index in [1.54, 1.807) is 49.6 Å². The van der Waals surface area contributed by atoms with Crippen molar-refractivity contribution in [3.05, 3.63) is 65.7 Å². The second-order valence-electron chi connectivity index (χ2n) is 5.38. The summed E-state index contributed by atoms with van der Waals surface area (Å²) >= 11 is 0. The summed E-state index contributed by atoms with van der Waals surface area (Å²) in [6.45, 7) is 5.94. The van der Waals surface area contributed by atoms with Gasteiger partial charge in [-0.25, -0.2) is 5.43 Å². The van der Waals surface area contributed by atoms with Gasteiger partial charge in [0.05, 0.1) is 19.9 Å². The van der Waals surface area contributed by atoms with Crippen LogP contribution in [0, 0.1) is 0 Å². The maximum Gasteiger partial charge on any atom is 0.271 e. The normalized spacial score (nSPS) is 10.5. The number of hydrazone groups is 1. The molecule has 0 saturated heterocycles. The lowest BCUT2D eigenvalue weighted by Gasteiger charge is -2.10. The van der Waals surface area contributed by atoms with Gasteiger partial charge in [0.15, 0.2) is 11.5 Å². The minimum atomic E-state index is -0.334. The molecule has 2 rings (SSSR count). The number of carbonyl (C=O) groups is 1. The number of ether oxygens (including phenoxy) is 2. The molecule has 0 aromatic heterocycles. The highest BCUT2D eigenvalue weighted by atomic mass is 16.5. The summed E-state index contributed by atoms with van der Waals surface area (Å²) in [5, 5.41) is 14.2. The van der Waals surface area contributed by atoms with Crippen molar-refractivity contribution in [3.8, 4) is 17.2 Å². The van der Waals surface area contributed by atoms with E-state index in [0.717, 1.165) is 0 Å². The van der Waals surface area contributed by atoms with Crippen molar-refractivity contribution < 1.29 is 19.4 Å². The third kappa shape index (κ3) is 4.86. The minimum absolute atomic E-state index is 0.0890. The van der Waals surface area contributed by atoms with Gasteiger partial charge in [-0.05, 0) is 55.3 Å². The average molecular weight is 354 g/mol. The van der Waals surface area contributed by atoms with Gasteiger partial charge in [-0.3, -0.25) is 4.79 Å². The molecule has 0 aliphatic carbocycles. The molecular formula is C20H22N2O4. The van der Waals surface area contributed by atoms with E-state index < -0.39 is 0 Å². The predicted octanol–water partition coefficient (Wildman–Crippen LogP) is 3.29. The number of aromatic hydroxyl groups is 1. The molecule has 0 heterocycles. The fourth-order valence-corrected chi connectivity index (χ4v) is 2.31. The van der Waals surface area contributed by atoms with Crippen LogP contribution in [0.1, 0.15) is 28.4 Å². The lowest BCUT2D eigenvalue weighted by atomic mass is 10.1. The number of allylic oxidation sites excluding steroid dienone is 1. The van der Waals surface area contributed by atoms with E-state index in [2.05, 4.69) is 17.1 Å². The Hall–Kier alpha value is -3.28. The lowest BCUT2D eigenvalue weighted by molar-refractivity contribution is 0.0955. The second kappa shape index (κ2) is 9.27. The maximum atomic E-state index is 12.1. The van der Waals surface area contributed by atoms with Gasteiger partial charge < -0.3 is 14.6 Å². The van der Waals surface area contributed by atoms with Crippen LogP contribution in [0.5, 0.6) is 17.2 Å². The van der Waals surface area contributed by atoms with E-state index in [4.69, 9.17) is 9.47 Å². The van der Waals surface area contributed by atoms with Crippen LogP contribution in [-0.4, -0.2) is 30.9 Å². The third-order valence-electron chi connectivity index (χ3n) is 3.57. The van der Waals surface area contributed by atoms with Crippen molar-refractivity contribution in [2.75, 3.05) is 13.7 Å². The van der Waals surface area contributed by atoms with Crippen LogP contribution in [0.15, 0.2) is 54.2 Å². The molecule has 6 nitrogen and oxygen atoms in total. The molecule has 2 aromatic rings. The van der Waals surface area contributed by atoms with Crippen molar-refractivity contribution in [2.24, 2.45) is 5.10 Å². The lowest BCUT2D eigenvalue weighted by Crippen LogP contribution is -2.17. The number of nitrogens with one attached hydrogen (secondary N) is 1. The Morgan fingerprint density at radius 2 is 2.04 bits per heavy atom. The molecule has 0 bridgehead atoms. The molecule has 136 valence electrons. The first-order chi connectivity index (χ1) is 12.6. The fourth-order valence-electron chi connectivity index (χ4n) is 2.31. The molecule has 0 saturated carbocycles. The van der Waals surface area contributed by atoms with Crippen LogP contribution in [0.2, 0.25) is 0 Å². The molecule has 1 amide bonds. The Bertz CT molecular complexity index is 798. The Morgan fingerprint density at radius 3 is 2.65 bits per heavy atom. The van der Waals surface area contributed by atoms with Crippen LogP contribution in [0.3, 0.4) is 0 Å². The Kier molecular flexibility index (Phi) is 6.79. The first-order valence-corrected chi connectivity index (χ1v) is 8.16. The van der Waals surface area contributed by atoms with Crippen molar-refractivity contribution in [2.45, 2.75) is 13.3 Å². The summed E-state index contributed by atoms with van der Waals surface area (Å²) in [6.07, 6.45) is 3.68. The second-order valence-corrected chi connectivity index (χ2v) is 5.38. The number of amides is 1. The van der Waals surface area contributed by atoms with E-state index in [-0.39, 0.29) is 11.7 Å². The molecule has 0 fully saturated rings. The number of rotatable bonds is 8. The number of hydrogen-bond acceptors (Lipinski definition) is 5. The molecule has 2 aromatic carbocycles. The van der Waals surface area contributed by atoms with E-state index in [0.29, 0.717) is 41.2 Å². The highest BCUT2D eigenvalue weighted by molar-refractivity contribution is 5.95. The summed E-state index contributed by atoms with van der Waals surface area (Å²) < 4.78 is 10.5. The molecule has 2 N–H and O–H groups in total. The van der Waals surface area contributed by atoms with Gasteiger partial charge in [-0.1, -0.05) is 6.08 Å². The zero-order valence-electron chi connectivity index (χ0n) is 14.9. The van der Waals surface area contributed by atoms with Gasteiger partial charge in [0.25, 0.3) is 5.91 Å². The largest absolute Gasteiger partial charge is 0.504 e. The maximum absolute atomic E-state index is 12.1. The van der Waals surface area contributed by atoms with Crippen molar-refractivity contribution in [3.63, 3.8) is 0 Å². The van der Waals surface area contributed by atoms with Gasteiger partial charge in [-0.2, -0.15) is 5.10 Å². The number of hydrogen-bond donors (Lipinski definition) is 2. The van der Waals surface area contributed by atoms with Gasteiger partial charge in [0.1, 0.15) is 5.75 Å². The smallest absolute Gasteiger partial charge is 0.271 e. The number of carbonyl (C=O) groups excluding carboxylic acids is 1. The van der Waals surface area contributed by atoms with Crippen LogP contribution < -0.4 is 14.9 Å². The summed E-state index contributed by atoms with van der Waals surface area (Å²) in [4.78, 5) is 12.1. The van der Waals surface area contributed by atoms with E-state index in [1.807, 2.05) is 6.92 Å². The van der Waals surface area contributed by atoms with Crippen LogP contribution in [-0.2, 0) is 6.42 Å². The van der Waals surface area contributed by atoms with Gasteiger partial charge in [-0.15, -0.1) is 6.58 Å². The number of benzene rings is 2. The molecule has 0 radical (unpaired) electrons. The minimum Gasteiger partial charge on any atom is -0.504 e. The molecule has 6 heteroatoms. The van der Waals surface area contributed by atoms with Crippen molar-refractivity contribution >= 4 is 12.1 Å². The summed E-state index contributed by atoms with van der Waals surface area (Å²) in [5.74, 6) is 0.798. The van der Waals surface area contributed by atoms with Crippen molar-refractivity contribution in [1.29, 1.82) is 0 Å². The summed E-state index contributed by atoms with van der Waals surface area (Å²) in [7, 11) is 1.56. The third-order valence-corrected chi connectivity index (χ3v) is 3.57. The highest BCUT2D eigenvalue weighted by Gasteiger charge is 2.10. The van der Waals surface area contributed by atoms with E-state index in [9.17, 15) is 9.90 Å². The van der Waals surface area contributed by atoms with Crippen LogP contribution in [0.25, 0.3) is 0 Å². The standard InChI is InChI=1S/C20H22N2O4/c1-4-6-16-11-14(12-18(19(16)23)26-5-2)13-21-22-20(24)15-7-9-17(25-3)10-8-15/h4,7-13,23H,1,5-6H2,2-3H3,(H,22,24)/b21-13-. The number of nitrogens with zero attached hydrogens (tertiary/aromatic N) is 1. The predicted molar refractivity (Wildman–Crippen MR) is 101 cm³/mol. The molecular weight excluding hydrogens is 332 g/mol. The first kappa shape index (κ1) is 19.1. The Morgan fingerprint density at radius 1 is 1.31 bits per heavy atom. The molecule has 0 unspecified atom stereocenters. The first-order valence-electron chi connectivity index (χ1n) is 8.16. The number of methoxy groups -OCH3 is 1. The Balaban J connectivity index is 2.13. The molecule has 0 aliphatic rings.